The average Bonchev–Trinajstić information content (AvgIpc) is 2.87. The Kier molecular flexibility index (Phi) is 9.35. The van der Waals surface area contributed by atoms with Gasteiger partial charge >= 0.3 is 0 Å². The highest BCUT2D eigenvalue weighted by molar-refractivity contribution is 6.32. The van der Waals surface area contributed by atoms with Gasteiger partial charge in [0.2, 0.25) is 5.91 Å². The summed E-state index contributed by atoms with van der Waals surface area (Å²) in [6, 6.07) is 23.5. The molecule has 0 aliphatic carbocycles. The van der Waals surface area contributed by atoms with E-state index in [9.17, 15) is 9.59 Å². The zero-order valence-electron chi connectivity index (χ0n) is 19.4. The van der Waals surface area contributed by atoms with Crippen molar-refractivity contribution in [2.45, 2.75) is 25.9 Å². The summed E-state index contributed by atoms with van der Waals surface area (Å²) in [6.07, 6.45) is 0.671. The zero-order valence-corrected chi connectivity index (χ0v) is 20.1. The molecule has 0 heterocycles. The van der Waals surface area contributed by atoms with Crippen LogP contribution in [0.1, 0.15) is 18.1 Å². The number of ether oxygens (including phenoxy) is 2. The Labute approximate surface area is 205 Å². The maximum Gasteiger partial charge on any atom is 0.261 e. The zero-order chi connectivity index (χ0) is 24.3. The number of nitrogens with one attached hydrogen (secondary N) is 1. The fraction of sp³-hybridized carbons (Fsp3) is 0.259. The molecule has 0 aliphatic heterocycles. The summed E-state index contributed by atoms with van der Waals surface area (Å²) in [5, 5.41) is 3.36. The van der Waals surface area contributed by atoms with Gasteiger partial charge in [-0.1, -0.05) is 66.2 Å². The summed E-state index contributed by atoms with van der Waals surface area (Å²) in [5.41, 5.74) is 2.01. The van der Waals surface area contributed by atoms with E-state index < -0.39 is 6.04 Å². The highest BCUT2D eigenvalue weighted by Gasteiger charge is 2.26. The van der Waals surface area contributed by atoms with Gasteiger partial charge in [-0.05, 0) is 48.7 Å². The van der Waals surface area contributed by atoms with E-state index in [1.54, 1.807) is 38.3 Å². The van der Waals surface area contributed by atoms with E-state index in [-0.39, 0.29) is 18.4 Å². The SMILES string of the molecule is COc1ccc(CCNC(=O)[C@H](C)N(Cc2ccccc2)C(=O)COc2ccccc2Cl)cc1. The molecule has 0 fully saturated rings. The molecule has 0 unspecified atom stereocenters. The summed E-state index contributed by atoms with van der Waals surface area (Å²) in [5.74, 6) is 0.682. The van der Waals surface area contributed by atoms with Gasteiger partial charge in [-0.25, -0.2) is 0 Å². The predicted octanol–water partition coefficient (Wildman–Crippen LogP) is 4.50. The van der Waals surface area contributed by atoms with Gasteiger partial charge in [-0.2, -0.15) is 0 Å². The summed E-state index contributed by atoms with van der Waals surface area (Å²) in [7, 11) is 1.62. The van der Waals surface area contributed by atoms with Crippen LogP contribution in [0.5, 0.6) is 11.5 Å². The number of methoxy groups -OCH3 is 1. The van der Waals surface area contributed by atoms with Gasteiger partial charge in [0.1, 0.15) is 17.5 Å². The first-order valence-electron chi connectivity index (χ1n) is 11.1. The van der Waals surface area contributed by atoms with Crippen LogP contribution in [0.25, 0.3) is 0 Å². The number of carbonyl (C=O) groups excluding carboxylic acids is 2. The number of para-hydroxylation sites is 1. The van der Waals surface area contributed by atoms with Crippen molar-refractivity contribution < 1.29 is 19.1 Å². The summed E-state index contributed by atoms with van der Waals surface area (Å²) in [6.45, 7) is 2.25. The van der Waals surface area contributed by atoms with E-state index in [1.165, 1.54) is 4.90 Å². The van der Waals surface area contributed by atoms with Crippen LogP contribution < -0.4 is 14.8 Å². The van der Waals surface area contributed by atoms with Crippen molar-refractivity contribution in [1.29, 1.82) is 0 Å². The number of carbonyl (C=O) groups is 2. The van der Waals surface area contributed by atoms with Crippen LogP contribution in [0.4, 0.5) is 0 Å². The average molecular weight is 481 g/mol. The van der Waals surface area contributed by atoms with Gasteiger partial charge in [0.15, 0.2) is 6.61 Å². The van der Waals surface area contributed by atoms with Crippen molar-refractivity contribution in [2.75, 3.05) is 20.3 Å². The number of halogens is 1. The predicted molar refractivity (Wildman–Crippen MR) is 133 cm³/mol. The molecule has 34 heavy (non-hydrogen) atoms. The highest BCUT2D eigenvalue weighted by Crippen LogP contribution is 2.23. The smallest absolute Gasteiger partial charge is 0.261 e. The van der Waals surface area contributed by atoms with Crippen molar-refractivity contribution in [1.82, 2.24) is 10.2 Å². The van der Waals surface area contributed by atoms with Crippen LogP contribution in [0.15, 0.2) is 78.9 Å². The Bertz CT molecular complexity index is 1070. The van der Waals surface area contributed by atoms with E-state index in [0.29, 0.717) is 30.3 Å². The molecule has 0 spiro atoms. The van der Waals surface area contributed by atoms with E-state index in [1.807, 2.05) is 54.6 Å². The third-order valence-electron chi connectivity index (χ3n) is 5.42. The molecule has 2 amide bonds. The maximum absolute atomic E-state index is 13.1. The lowest BCUT2D eigenvalue weighted by Gasteiger charge is -2.28. The molecule has 0 saturated heterocycles. The molecule has 3 aromatic carbocycles. The Hall–Kier alpha value is -3.51. The first kappa shape index (κ1) is 25.1. The molecule has 6 nitrogen and oxygen atoms in total. The molecule has 1 atom stereocenters. The summed E-state index contributed by atoms with van der Waals surface area (Å²) < 4.78 is 10.8. The largest absolute Gasteiger partial charge is 0.497 e. The monoisotopic (exact) mass is 480 g/mol. The van der Waals surface area contributed by atoms with Crippen molar-refractivity contribution >= 4 is 23.4 Å². The fourth-order valence-electron chi connectivity index (χ4n) is 3.42. The quantitative estimate of drug-likeness (QED) is 0.438. The molecule has 3 aromatic rings. The van der Waals surface area contributed by atoms with E-state index in [0.717, 1.165) is 16.9 Å². The van der Waals surface area contributed by atoms with Crippen LogP contribution in [-0.2, 0) is 22.6 Å². The van der Waals surface area contributed by atoms with E-state index >= 15 is 0 Å². The Morgan fingerprint density at radius 1 is 0.941 bits per heavy atom. The summed E-state index contributed by atoms with van der Waals surface area (Å²) >= 11 is 6.13. The lowest BCUT2D eigenvalue weighted by molar-refractivity contribution is -0.142. The number of hydrogen-bond donors (Lipinski definition) is 1. The molecule has 0 saturated carbocycles. The molecule has 3 rings (SSSR count). The number of amides is 2. The van der Waals surface area contributed by atoms with Crippen molar-refractivity contribution in [2.24, 2.45) is 0 Å². The third kappa shape index (κ3) is 7.25. The standard InChI is InChI=1S/C27H29ClN2O4/c1-20(27(32)29-17-16-21-12-14-23(33-2)15-13-21)30(18-22-8-4-3-5-9-22)26(31)19-34-25-11-7-6-10-24(25)28/h3-15,20H,16-19H2,1-2H3,(H,29,32)/t20-/m0/s1. The van der Waals surface area contributed by atoms with Crippen molar-refractivity contribution in [3.63, 3.8) is 0 Å². The van der Waals surface area contributed by atoms with Gasteiger partial charge in [-0.3, -0.25) is 9.59 Å². The van der Waals surface area contributed by atoms with Crippen LogP contribution in [0.2, 0.25) is 5.02 Å². The van der Waals surface area contributed by atoms with Gasteiger partial charge in [0, 0.05) is 13.1 Å². The number of benzene rings is 3. The van der Waals surface area contributed by atoms with Gasteiger partial charge in [0.05, 0.1) is 12.1 Å². The summed E-state index contributed by atoms with van der Waals surface area (Å²) in [4.78, 5) is 27.5. The Morgan fingerprint density at radius 3 is 2.29 bits per heavy atom. The highest BCUT2D eigenvalue weighted by atomic mass is 35.5. The minimum absolute atomic E-state index is 0.222. The van der Waals surface area contributed by atoms with Crippen LogP contribution in [-0.4, -0.2) is 43.0 Å². The van der Waals surface area contributed by atoms with Gasteiger partial charge in [-0.15, -0.1) is 0 Å². The molecule has 0 aliphatic rings. The normalized spacial score (nSPS) is 11.4. The van der Waals surface area contributed by atoms with Crippen LogP contribution >= 0.6 is 11.6 Å². The molecule has 0 aromatic heterocycles. The van der Waals surface area contributed by atoms with Crippen molar-refractivity contribution in [3.05, 3.63) is 95.0 Å². The minimum atomic E-state index is -0.682. The van der Waals surface area contributed by atoms with Gasteiger partial charge < -0.3 is 19.7 Å². The first-order valence-corrected chi connectivity index (χ1v) is 11.5. The Morgan fingerprint density at radius 2 is 1.62 bits per heavy atom. The van der Waals surface area contributed by atoms with Gasteiger partial charge in [0.25, 0.3) is 5.91 Å². The van der Waals surface area contributed by atoms with Crippen molar-refractivity contribution in [3.8, 4) is 11.5 Å². The van der Waals surface area contributed by atoms with Crippen LogP contribution in [0.3, 0.4) is 0 Å². The topological polar surface area (TPSA) is 67.9 Å². The maximum atomic E-state index is 13.1. The molecule has 7 heteroatoms. The molecule has 178 valence electrons. The first-order chi connectivity index (χ1) is 16.5. The lowest BCUT2D eigenvalue weighted by atomic mass is 10.1. The van der Waals surface area contributed by atoms with E-state index in [2.05, 4.69) is 5.32 Å². The van der Waals surface area contributed by atoms with E-state index in [4.69, 9.17) is 21.1 Å². The second kappa shape index (κ2) is 12.7. The minimum Gasteiger partial charge on any atom is -0.497 e. The third-order valence-corrected chi connectivity index (χ3v) is 5.74. The Balaban J connectivity index is 1.62. The number of hydrogen-bond acceptors (Lipinski definition) is 4. The second-order valence-corrected chi connectivity index (χ2v) is 8.20. The molecule has 1 N–H and O–H groups in total. The number of nitrogens with zero attached hydrogens (tertiary/aromatic N) is 1. The molecule has 0 radical (unpaired) electrons. The molecular formula is C27H29ClN2O4. The second-order valence-electron chi connectivity index (χ2n) is 7.79. The molecule has 0 bridgehead atoms. The van der Waals surface area contributed by atoms with Crippen LogP contribution in [0, 0.1) is 0 Å². The fourth-order valence-corrected chi connectivity index (χ4v) is 3.61. The lowest BCUT2D eigenvalue weighted by Crippen LogP contribution is -2.49. The molecular weight excluding hydrogens is 452 g/mol. The number of rotatable bonds is 11.